The average Bonchev–Trinajstić information content (AvgIpc) is 2.55. The molecule has 0 aliphatic rings. The predicted molar refractivity (Wildman–Crippen MR) is 96.0 cm³/mol. The summed E-state index contributed by atoms with van der Waals surface area (Å²) in [6, 6.07) is 14.5. The van der Waals surface area contributed by atoms with Gasteiger partial charge in [-0.05, 0) is 55.2 Å². The Bertz CT molecular complexity index is 712. The summed E-state index contributed by atoms with van der Waals surface area (Å²) in [5, 5.41) is 8.97. The normalized spacial score (nSPS) is 11.9. The van der Waals surface area contributed by atoms with Crippen LogP contribution in [0.1, 0.15) is 34.3 Å². The lowest BCUT2D eigenvalue weighted by molar-refractivity contribution is 0.0696. The average molecular weight is 346 g/mol. The van der Waals surface area contributed by atoms with Crippen molar-refractivity contribution in [2.24, 2.45) is 0 Å². The molecule has 1 unspecified atom stereocenters. The van der Waals surface area contributed by atoms with E-state index in [1.54, 1.807) is 12.1 Å². The molecule has 4 nitrogen and oxygen atoms in total. The van der Waals surface area contributed by atoms with Crippen LogP contribution in [0.5, 0.6) is 5.75 Å². The zero-order valence-corrected chi connectivity index (χ0v) is 14.6. The lowest BCUT2D eigenvalue weighted by atomic mass is 10.1. The summed E-state index contributed by atoms with van der Waals surface area (Å²) in [5.41, 5.74) is 2.19. The third-order valence-electron chi connectivity index (χ3n) is 3.53. The van der Waals surface area contributed by atoms with Gasteiger partial charge in [0.05, 0.1) is 12.2 Å². The zero-order valence-electron chi connectivity index (χ0n) is 13.7. The van der Waals surface area contributed by atoms with Gasteiger partial charge in [-0.3, -0.25) is 4.21 Å². The lowest BCUT2D eigenvalue weighted by Crippen LogP contribution is -2.05. The van der Waals surface area contributed by atoms with E-state index in [2.05, 4.69) is 0 Å². The van der Waals surface area contributed by atoms with Crippen molar-refractivity contribution in [1.29, 1.82) is 0 Å². The van der Waals surface area contributed by atoms with Crippen LogP contribution in [0, 0.1) is 6.92 Å². The van der Waals surface area contributed by atoms with Crippen molar-refractivity contribution in [3.05, 3.63) is 65.2 Å². The quantitative estimate of drug-likeness (QED) is 0.702. The molecule has 0 aliphatic heterocycles. The summed E-state index contributed by atoms with van der Waals surface area (Å²) in [5.74, 6) is 0.881. The van der Waals surface area contributed by atoms with Gasteiger partial charge in [0.2, 0.25) is 0 Å². The van der Waals surface area contributed by atoms with Gasteiger partial charge in [-0.25, -0.2) is 4.79 Å². The first-order valence-corrected chi connectivity index (χ1v) is 9.40. The molecular weight excluding hydrogens is 324 g/mol. The van der Waals surface area contributed by atoms with E-state index < -0.39 is 16.8 Å². The van der Waals surface area contributed by atoms with Gasteiger partial charge in [0, 0.05) is 22.3 Å². The Hall–Kier alpha value is -2.14. The summed E-state index contributed by atoms with van der Waals surface area (Å²) < 4.78 is 17.8. The Balaban J connectivity index is 1.68. The van der Waals surface area contributed by atoms with E-state index in [1.807, 2.05) is 37.3 Å². The van der Waals surface area contributed by atoms with E-state index in [0.29, 0.717) is 18.1 Å². The largest absolute Gasteiger partial charge is 0.494 e. The Morgan fingerprint density at radius 3 is 2.67 bits per heavy atom. The molecule has 0 aromatic heterocycles. The van der Waals surface area contributed by atoms with Gasteiger partial charge in [-0.2, -0.15) is 0 Å². The van der Waals surface area contributed by atoms with Crippen LogP contribution < -0.4 is 4.74 Å². The molecule has 0 saturated heterocycles. The number of hydrogen-bond acceptors (Lipinski definition) is 3. The molecule has 0 spiro atoms. The van der Waals surface area contributed by atoms with Crippen molar-refractivity contribution in [3.63, 3.8) is 0 Å². The molecule has 1 atom stereocenters. The van der Waals surface area contributed by atoms with Crippen molar-refractivity contribution in [2.45, 2.75) is 25.5 Å². The minimum absolute atomic E-state index is 0.232. The molecule has 0 amide bonds. The van der Waals surface area contributed by atoms with E-state index >= 15 is 0 Å². The Labute approximate surface area is 144 Å². The summed E-state index contributed by atoms with van der Waals surface area (Å²) in [6.45, 7) is 2.63. The highest BCUT2D eigenvalue weighted by molar-refractivity contribution is 7.84. The fraction of sp³-hybridized carbons (Fsp3) is 0.316. The highest BCUT2D eigenvalue weighted by Crippen LogP contribution is 2.13. The van der Waals surface area contributed by atoms with Crippen LogP contribution in [0.15, 0.2) is 48.5 Å². The molecule has 0 fully saturated rings. The van der Waals surface area contributed by atoms with E-state index in [9.17, 15) is 9.00 Å². The zero-order chi connectivity index (χ0) is 17.4. The maximum atomic E-state index is 12.1. The molecule has 0 heterocycles. The van der Waals surface area contributed by atoms with E-state index in [4.69, 9.17) is 9.84 Å². The maximum absolute atomic E-state index is 12.1. The number of benzene rings is 2. The maximum Gasteiger partial charge on any atom is 0.335 e. The minimum atomic E-state index is -0.993. The topological polar surface area (TPSA) is 63.6 Å². The third kappa shape index (κ3) is 6.16. The van der Waals surface area contributed by atoms with Crippen LogP contribution in [0.25, 0.3) is 0 Å². The first-order valence-electron chi connectivity index (χ1n) is 7.91. The van der Waals surface area contributed by atoms with Crippen molar-refractivity contribution in [2.75, 3.05) is 12.4 Å². The Kier molecular flexibility index (Phi) is 7.00. The second-order valence-corrected chi connectivity index (χ2v) is 7.24. The van der Waals surface area contributed by atoms with Gasteiger partial charge in [0.25, 0.3) is 0 Å². The van der Waals surface area contributed by atoms with Crippen molar-refractivity contribution in [1.82, 2.24) is 0 Å². The highest BCUT2D eigenvalue weighted by Gasteiger charge is 2.06. The first kappa shape index (κ1) is 18.2. The number of ether oxygens (including phenoxy) is 1. The van der Waals surface area contributed by atoms with Gasteiger partial charge in [0.15, 0.2) is 0 Å². The number of carboxylic acids is 1. The smallest absolute Gasteiger partial charge is 0.335 e. The number of carbonyl (C=O) groups is 1. The number of aryl methyl sites for hydroxylation is 1. The van der Waals surface area contributed by atoms with Crippen LogP contribution >= 0.6 is 0 Å². The summed E-state index contributed by atoms with van der Waals surface area (Å²) in [4.78, 5) is 10.9. The standard InChI is InChI=1S/C19H22O4S/c1-15-6-4-9-18(12-15)23-10-2-3-11-24(22)14-16-7-5-8-17(13-16)19(20)21/h4-9,12-13H,2-3,10-11,14H2,1H3,(H,20,21). The summed E-state index contributed by atoms with van der Waals surface area (Å²) >= 11 is 0. The summed E-state index contributed by atoms with van der Waals surface area (Å²) in [6.07, 6.45) is 1.66. The number of carboxylic acid groups (broad SMARTS) is 1. The van der Waals surface area contributed by atoms with Crippen LogP contribution in [0.3, 0.4) is 0 Å². The van der Waals surface area contributed by atoms with Crippen LogP contribution in [-0.4, -0.2) is 27.6 Å². The van der Waals surface area contributed by atoms with Gasteiger partial charge in [-0.1, -0.05) is 24.3 Å². The molecule has 2 rings (SSSR count). The third-order valence-corrected chi connectivity index (χ3v) is 4.93. The number of aromatic carboxylic acids is 1. The minimum Gasteiger partial charge on any atom is -0.494 e. The van der Waals surface area contributed by atoms with E-state index in [1.165, 1.54) is 6.07 Å². The van der Waals surface area contributed by atoms with Crippen LogP contribution in [0.2, 0.25) is 0 Å². The molecule has 2 aromatic rings. The molecule has 0 aliphatic carbocycles. The van der Waals surface area contributed by atoms with Gasteiger partial charge in [-0.15, -0.1) is 0 Å². The molecule has 0 saturated carbocycles. The van der Waals surface area contributed by atoms with E-state index in [0.717, 1.165) is 29.7 Å². The van der Waals surface area contributed by atoms with E-state index in [-0.39, 0.29) is 5.56 Å². The second kappa shape index (κ2) is 9.23. The molecule has 2 aromatic carbocycles. The van der Waals surface area contributed by atoms with Crippen LogP contribution in [-0.2, 0) is 16.6 Å². The molecule has 0 radical (unpaired) electrons. The molecule has 24 heavy (non-hydrogen) atoms. The Morgan fingerprint density at radius 2 is 1.92 bits per heavy atom. The number of unbranched alkanes of at least 4 members (excludes halogenated alkanes) is 1. The van der Waals surface area contributed by atoms with Gasteiger partial charge >= 0.3 is 5.97 Å². The van der Waals surface area contributed by atoms with Gasteiger partial charge < -0.3 is 9.84 Å². The number of rotatable bonds is 9. The summed E-state index contributed by atoms with van der Waals surface area (Å²) in [7, 11) is -0.993. The number of hydrogen-bond donors (Lipinski definition) is 1. The van der Waals surface area contributed by atoms with Crippen LogP contribution in [0.4, 0.5) is 0 Å². The van der Waals surface area contributed by atoms with Crippen molar-refractivity contribution in [3.8, 4) is 5.75 Å². The molecule has 0 bridgehead atoms. The fourth-order valence-corrected chi connectivity index (χ4v) is 3.53. The highest BCUT2D eigenvalue weighted by atomic mass is 32.2. The first-order chi connectivity index (χ1) is 11.5. The molecule has 128 valence electrons. The second-order valence-electron chi connectivity index (χ2n) is 5.67. The van der Waals surface area contributed by atoms with Gasteiger partial charge in [0.1, 0.15) is 5.75 Å². The van der Waals surface area contributed by atoms with Crippen molar-refractivity contribution < 1.29 is 18.8 Å². The lowest BCUT2D eigenvalue weighted by Gasteiger charge is -2.07. The monoisotopic (exact) mass is 346 g/mol. The molecule has 1 N–H and O–H groups in total. The fourth-order valence-electron chi connectivity index (χ4n) is 2.31. The van der Waals surface area contributed by atoms with Crippen molar-refractivity contribution >= 4 is 16.8 Å². The molecular formula is C19H22O4S. The SMILES string of the molecule is Cc1cccc(OCCCCS(=O)Cc2cccc(C(=O)O)c2)c1. The predicted octanol–water partition coefficient (Wildman–Crippen LogP) is 3.80. The Morgan fingerprint density at radius 1 is 1.12 bits per heavy atom. The molecule has 5 heteroatoms.